The molecule has 2 N–H and O–H groups in total. The van der Waals surface area contributed by atoms with Gasteiger partial charge in [0.05, 0.1) is 17.2 Å². The monoisotopic (exact) mass is 521 g/mol. The van der Waals surface area contributed by atoms with E-state index in [-0.39, 0.29) is 0 Å². The molecule has 1 aromatic carbocycles. The third-order valence-corrected chi connectivity index (χ3v) is 7.91. The van der Waals surface area contributed by atoms with E-state index in [0.717, 1.165) is 56.9 Å². The number of allylic oxidation sites excluding steroid dienone is 3. The van der Waals surface area contributed by atoms with Crippen LogP contribution in [-0.2, 0) is 0 Å². The van der Waals surface area contributed by atoms with Crippen molar-refractivity contribution in [2.75, 3.05) is 32.0 Å². The van der Waals surface area contributed by atoms with Crippen molar-refractivity contribution in [1.82, 2.24) is 19.9 Å². The van der Waals surface area contributed by atoms with E-state index in [1.165, 1.54) is 43.5 Å². The highest BCUT2D eigenvalue weighted by Crippen LogP contribution is 2.34. The van der Waals surface area contributed by atoms with Gasteiger partial charge < -0.3 is 10.3 Å². The molecule has 1 fully saturated rings. The molecule has 0 aliphatic carbocycles. The highest BCUT2D eigenvalue weighted by atomic mass is 32.1. The molecule has 5 rings (SSSR count). The van der Waals surface area contributed by atoms with Crippen molar-refractivity contribution in [2.45, 2.75) is 26.2 Å². The van der Waals surface area contributed by atoms with Crippen LogP contribution in [0.3, 0.4) is 0 Å². The van der Waals surface area contributed by atoms with E-state index < -0.39 is 0 Å². The Hall–Kier alpha value is -3.74. The maximum absolute atomic E-state index is 4.98. The van der Waals surface area contributed by atoms with Crippen molar-refractivity contribution >= 4 is 39.2 Å². The van der Waals surface area contributed by atoms with Crippen LogP contribution < -0.4 is 5.32 Å². The number of anilines is 1. The first kappa shape index (κ1) is 25.9. The quantitative estimate of drug-likeness (QED) is 0.221. The average Bonchev–Trinajstić information content (AvgIpc) is 3.65. The second-order valence-corrected chi connectivity index (χ2v) is 10.5. The van der Waals surface area contributed by atoms with Crippen LogP contribution in [0.15, 0.2) is 84.4 Å². The summed E-state index contributed by atoms with van der Waals surface area (Å²) in [6.07, 6.45) is 14.0. The fraction of sp³-hybridized carbons (Fsp3) is 0.250. The molecule has 194 valence electrons. The lowest BCUT2D eigenvalue weighted by Crippen LogP contribution is -2.31. The number of rotatable bonds is 9. The number of likely N-dealkylation sites (tertiary alicyclic amines) is 1. The predicted molar refractivity (Wildman–Crippen MR) is 164 cm³/mol. The summed E-state index contributed by atoms with van der Waals surface area (Å²) in [5.41, 5.74) is 10.4. The zero-order chi connectivity index (χ0) is 26.5. The zero-order valence-electron chi connectivity index (χ0n) is 22.3. The van der Waals surface area contributed by atoms with E-state index in [4.69, 9.17) is 4.98 Å². The summed E-state index contributed by atoms with van der Waals surface area (Å²) in [4.78, 5) is 15.4. The predicted octanol–water partition coefficient (Wildman–Crippen LogP) is 7.79. The third-order valence-electron chi connectivity index (χ3n) is 7.23. The van der Waals surface area contributed by atoms with Gasteiger partial charge in [-0.15, -0.1) is 0 Å². The molecule has 1 aliphatic rings. The molecule has 0 bridgehead atoms. The van der Waals surface area contributed by atoms with Crippen molar-refractivity contribution in [2.24, 2.45) is 0 Å². The summed E-state index contributed by atoms with van der Waals surface area (Å²) < 4.78 is 0. The van der Waals surface area contributed by atoms with Gasteiger partial charge >= 0.3 is 0 Å². The number of imidazole rings is 1. The van der Waals surface area contributed by atoms with E-state index in [2.05, 4.69) is 87.4 Å². The van der Waals surface area contributed by atoms with Gasteiger partial charge in [0.15, 0.2) is 0 Å². The molecule has 5 nitrogen and oxygen atoms in total. The Morgan fingerprint density at radius 3 is 2.74 bits per heavy atom. The normalized spacial score (nSPS) is 15.1. The molecule has 4 heterocycles. The van der Waals surface area contributed by atoms with Crippen molar-refractivity contribution in [3.63, 3.8) is 0 Å². The molecule has 4 aromatic rings. The van der Waals surface area contributed by atoms with Gasteiger partial charge in [-0.25, -0.2) is 4.98 Å². The summed E-state index contributed by atoms with van der Waals surface area (Å²) in [5, 5.41) is 7.53. The number of benzene rings is 1. The molecule has 1 aliphatic heterocycles. The molecule has 0 unspecified atom stereocenters. The van der Waals surface area contributed by atoms with Gasteiger partial charge in [0, 0.05) is 42.2 Å². The van der Waals surface area contributed by atoms with Crippen LogP contribution in [0.4, 0.5) is 5.69 Å². The van der Waals surface area contributed by atoms with Gasteiger partial charge in [0.2, 0.25) is 0 Å². The van der Waals surface area contributed by atoms with Crippen LogP contribution in [0, 0.1) is 0 Å². The highest BCUT2D eigenvalue weighted by Gasteiger charge is 2.17. The second kappa shape index (κ2) is 11.8. The Kier molecular flexibility index (Phi) is 8.01. The number of thiophene rings is 1. The summed E-state index contributed by atoms with van der Waals surface area (Å²) >= 11 is 1.67. The summed E-state index contributed by atoms with van der Waals surface area (Å²) in [7, 11) is 1.94. The molecule has 0 radical (unpaired) electrons. The first-order valence-corrected chi connectivity index (χ1v) is 14.1. The lowest BCUT2D eigenvalue weighted by Gasteiger charge is -2.26. The number of nitrogens with one attached hydrogen (secondary N) is 2. The molecule has 0 atom stereocenters. The average molecular weight is 522 g/mol. The summed E-state index contributed by atoms with van der Waals surface area (Å²) in [6.45, 7) is 13.9. The van der Waals surface area contributed by atoms with Crippen LogP contribution in [0.2, 0.25) is 0 Å². The number of aromatic amines is 1. The van der Waals surface area contributed by atoms with Gasteiger partial charge in [-0.2, -0.15) is 11.3 Å². The number of pyridine rings is 1. The number of aromatic nitrogens is 3. The Balaban J connectivity index is 1.48. The molecular formula is C32H35N5S. The Morgan fingerprint density at radius 2 is 2.03 bits per heavy atom. The standard InChI is InChI=1S/C32H35N5S/c1-5-23(20-37-13-8-7-9-14-37)16-24(6-2)25-10-11-29(33-4)27(17-25)22(3)32-35-30-19-34-18-28(31(30)36-32)26-12-15-38-21-26/h5-6,10-12,15-19,21,33H,1,3,7-9,13-14,20H2,2,4H3,(H,35,36)/b23-16+,24-6+. The number of hydrogen-bond donors (Lipinski definition) is 2. The van der Waals surface area contributed by atoms with E-state index in [0.29, 0.717) is 0 Å². The van der Waals surface area contributed by atoms with Gasteiger partial charge in [-0.3, -0.25) is 9.88 Å². The molecule has 38 heavy (non-hydrogen) atoms. The molecule has 0 amide bonds. The second-order valence-electron chi connectivity index (χ2n) is 9.67. The smallest absolute Gasteiger partial charge is 0.138 e. The van der Waals surface area contributed by atoms with Crippen LogP contribution in [0.1, 0.15) is 43.1 Å². The van der Waals surface area contributed by atoms with Gasteiger partial charge in [-0.1, -0.05) is 43.9 Å². The SMILES string of the molecule is C=C/C(=C\C(=C/C)c1ccc(NC)c(C(=C)c2nc3c(-c4ccsc4)cncc3[nH]2)c1)CN1CCCCC1. The number of nitrogens with zero attached hydrogens (tertiary/aromatic N) is 3. The lowest BCUT2D eigenvalue weighted by atomic mass is 9.96. The maximum atomic E-state index is 4.98. The van der Waals surface area contributed by atoms with Crippen LogP contribution in [-0.4, -0.2) is 46.5 Å². The maximum Gasteiger partial charge on any atom is 0.138 e. The Labute approximate surface area is 229 Å². The first-order valence-electron chi connectivity index (χ1n) is 13.2. The van der Waals surface area contributed by atoms with Gasteiger partial charge in [0.1, 0.15) is 5.82 Å². The van der Waals surface area contributed by atoms with Gasteiger partial charge in [0.25, 0.3) is 0 Å². The molecule has 6 heteroatoms. The minimum atomic E-state index is 0.743. The van der Waals surface area contributed by atoms with E-state index in [1.54, 1.807) is 11.3 Å². The number of fused-ring (bicyclic) bond motifs is 1. The third kappa shape index (κ3) is 5.42. The van der Waals surface area contributed by atoms with Crippen LogP contribution >= 0.6 is 11.3 Å². The first-order chi connectivity index (χ1) is 18.6. The fourth-order valence-electron chi connectivity index (χ4n) is 5.10. The van der Waals surface area contributed by atoms with E-state index in [1.807, 2.05) is 25.5 Å². The lowest BCUT2D eigenvalue weighted by molar-refractivity contribution is 0.248. The molecule has 0 saturated carbocycles. The van der Waals surface area contributed by atoms with Gasteiger partial charge in [-0.05, 0) is 84.1 Å². The van der Waals surface area contributed by atoms with E-state index in [9.17, 15) is 0 Å². The van der Waals surface area contributed by atoms with E-state index >= 15 is 0 Å². The molecule has 3 aromatic heterocycles. The van der Waals surface area contributed by atoms with Crippen LogP contribution in [0.25, 0.3) is 33.3 Å². The number of hydrogen-bond acceptors (Lipinski definition) is 5. The fourth-order valence-corrected chi connectivity index (χ4v) is 5.76. The van der Waals surface area contributed by atoms with Crippen molar-refractivity contribution in [3.05, 3.63) is 101 Å². The van der Waals surface area contributed by atoms with Crippen molar-refractivity contribution < 1.29 is 0 Å². The van der Waals surface area contributed by atoms with Crippen molar-refractivity contribution in [1.29, 1.82) is 0 Å². The largest absolute Gasteiger partial charge is 0.388 e. The molecule has 1 saturated heterocycles. The molecule has 0 spiro atoms. The topological polar surface area (TPSA) is 56.8 Å². The van der Waals surface area contributed by atoms with Crippen LogP contribution in [0.5, 0.6) is 0 Å². The summed E-state index contributed by atoms with van der Waals surface area (Å²) in [5.74, 6) is 0.743. The zero-order valence-corrected chi connectivity index (χ0v) is 23.1. The minimum Gasteiger partial charge on any atom is -0.388 e. The Morgan fingerprint density at radius 1 is 1.18 bits per heavy atom. The number of piperidine rings is 1. The number of H-pyrrole nitrogens is 1. The summed E-state index contributed by atoms with van der Waals surface area (Å²) in [6, 6.07) is 8.58. The van der Waals surface area contributed by atoms with Crippen molar-refractivity contribution in [3.8, 4) is 11.1 Å². The minimum absolute atomic E-state index is 0.743. The Bertz CT molecular complexity index is 1500. The molecular weight excluding hydrogens is 486 g/mol. The highest BCUT2D eigenvalue weighted by molar-refractivity contribution is 7.08.